The van der Waals surface area contributed by atoms with Crippen molar-refractivity contribution in [2.45, 2.75) is 0 Å². The average Bonchev–Trinajstić information content (AvgIpc) is 2.20. The summed E-state index contributed by atoms with van der Waals surface area (Å²) in [5.74, 6) is -0.274. The zero-order chi connectivity index (χ0) is 10.7. The maximum atomic E-state index is 11.2. The Labute approximate surface area is 94.3 Å². The number of hydrogen-bond donors (Lipinski definition) is 0. The molecule has 0 radical (unpaired) electrons. The lowest BCUT2D eigenvalue weighted by Gasteiger charge is -2.06. The normalized spacial score (nSPS) is 9.71. The van der Waals surface area contributed by atoms with Crippen LogP contribution in [0.2, 0.25) is 5.15 Å². The molecular formula is C8H7BrClNO3. The van der Waals surface area contributed by atoms with E-state index in [9.17, 15) is 4.79 Å². The predicted molar refractivity (Wildman–Crippen MR) is 54.8 cm³/mol. The smallest absolute Gasteiger partial charge is 0.360 e. The second-order valence-corrected chi connectivity index (χ2v) is 3.52. The first-order chi connectivity index (χ1) is 6.60. The van der Waals surface area contributed by atoms with Gasteiger partial charge in [-0.1, -0.05) is 11.6 Å². The van der Waals surface area contributed by atoms with E-state index in [-0.39, 0.29) is 10.8 Å². The fraction of sp³-hybridized carbons (Fsp3) is 0.250. The minimum atomic E-state index is -0.587. The number of nitrogens with zero attached hydrogens (tertiary/aromatic N) is 1. The van der Waals surface area contributed by atoms with Gasteiger partial charge < -0.3 is 9.47 Å². The maximum absolute atomic E-state index is 11.2. The van der Waals surface area contributed by atoms with Crippen LogP contribution < -0.4 is 4.74 Å². The molecule has 6 heteroatoms. The van der Waals surface area contributed by atoms with Gasteiger partial charge in [-0.05, 0) is 22.0 Å². The van der Waals surface area contributed by atoms with E-state index in [4.69, 9.17) is 16.3 Å². The highest BCUT2D eigenvalue weighted by atomic mass is 79.9. The van der Waals surface area contributed by atoms with Crippen LogP contribution in [0.1, 0.15) is 10.5 Å². The molecule has 0 bridgehead atoms. The number of pyridine rings is 1. The summed E-state index contributed by atoms with van der Waals surface area (Å²) in [6.07, 6.45) is 0. The SMILES string of the molecule is COC(=O)c1nc(Cl)c(Br)cc1OC. The van der Waals surface area contributed by atoms with Gasteiger partial charge in [0.1, 0.15) is 5.15 Å². The van der Waals surface area contributed by atoms with Crippen molar-refractivity contribution in [1.82, 2.24) is 4.98 Å². The van der Waals surface area contributed by atoms with E-state index in [0.29, 0.717) is 10.2 Å². The minimum Gasteiger partial charge on any atom is -0.494 e. The second-order valence-electron chi connectivity index (χ2n) is 2.30. The molecule has 0 aromatic carbocycles. The summed E-state index contributed by atoms with van der Waals surface area (Å²) < 4.78 is 10.0. The standard InChI is InChI=1S/C8H7BrClNO3/c1-13-5-3-4(9)7(10)11-6(5)8(12)14-2/h3H,1-2H3. The van der Waals surface area contributed by atoms with Crippen LogP contribution in [-0.4, -0.2) is 25.2 Å². The maximum Gasteiger partial charge on any atom is 0.360 e. The van der Waals surface area contributed by atoms with Crippen LogP contribution in [0.3, 0.4) is 0 Å². The van der Waals surface area contributed by atoms with Crippen LogP contribution in [0.5, 0.6) is 5.75 Å². The zero-order valence-corrected chi connectivity index (χ0v) is 9.85. The van der Waals surface area contributed by atoms with Crippen LogP contribution in [0.25, 0.3) is 0 Å². The van der Waals surface area contributed by atoms with Crippen molar-refractivity contribution >= 4 is 33.5 Å². The number of esters is 1. The molecule has 1 aromatic heterocycles. The lowest BCUT2D eigenvalue weighted by Crippen LogP contribution is -2.07. The summed E-state index contributed by atoms with van der Waals surface area (Å²) >= 11 is 8.89. The summed E-state index contributed by atoms with van der Waals surface area (Å²) in [6, 6.07) is 1.56. The van der Waals surface area contributed by atoms with E-state index in [1.54, 1.807) is 6.07 Å². The molecule has 0 fully saturated rings. The summed E-state index contributed by atoms with van der Waals surface area (Å²) in [7, 11) is 2.70. The number of methoxy groups -OCH3 is 2. The number of carbonyl (C=O) groups is 1. The Kier molecular flexibility index (Phi) is 3.71. The first kappa shape index (κ1) is 11.3. The van der Waals surface area contributed by atoms with Crippen molar-refractivity contribution in [2.24, 2.45) is 0 Å². The molecule has 0 amide bonds. The fourth-order valence-corrected chi connectivity index (χ4v) is 1.28. The van der Waals surface area contributed by atoms with Crippen LogP contribution in [0, 0.1) is 0 Å². The van der Waals surface area contributed by atoms with Gasteiger partial charge in [0.2, 0.25) is 0 Å². The Balaban J connectivity index is 3.27. The third kappa shape index (κ3) is 2.16. The molecule has 1 rings (SSSR count). The molecule has 0 N–H and O–H groups in total. The second kappa shape index (κ2) is 4.61. The van der Waals surface area contributed by atoms with Crippen LogP contribution in [0.15, 0.2) is 10.5 Å². The molecule has 0 atom stereocenters. The molecule has 0 saturated carbocycles. The van der Waals surface area contributed by atoms with Crippen molar-refractivity contribution < 1.29 is 14.3 Å². The lowest BCUT2D eigenvalue weighted by atomic mass is 10.3. The van der Waals surface area contributed by atoms with Gasteiger partial charge in [-0.2, -0.15) is 0 Å². The summed E-state index contributed by atoms with van der Waals surface area (Å²) in [4.78, 5) is 15.1. The van der Waals surface area contributed by atoms with Gasteiger partial charge in [-0.3, -0.25) is 0 Å². The van der Waals surface area contributed by atoms with E-state index in [1.165, 1.54) is 14.2 Å². The Bertz CT molecular complexity index is 370. The number of carbonyl (C=O) groups excluding carboxylic acids is 1. The molecule has 1 aromatic rings. The molecule has 4 nitrogen and oxygen atoms in total. The molecule has 76 valence electrons. The molecule has 1 heterocycles. The van der Waals surface area contributed by atoms with Crippen molar-refractivity contribution in [3.05, 3.63) is 21.4 Å². The number of halogens is 2. The van der Waals surface area contributed by atoms with Crippen LogP contribution in [-0.2, 0) is 4.74 Å². The van der Waals surface area contributed by atoms with E-state index in [2.05, 4.69) is 25.7 Å². The molecule has 0 aliphatic rings. The Hall–Kier alpha value is -0.810. The van der Waals surface area contributed by atoms with E-state index in [1.807, 2.05) is 0 Å². The van der Waals surface area contributed by atoms with Crippen LogP contribution in [0.4, 0.5) is 0 Å². The topological polar surface area (TPSA) is 48.4 Å². The highest BCUT2D eigenvalue weighted by molar-refractivity contribution is 9.10. The van der Waals surface area contributed by atoms with Gasteiger partial charge >= 0.3 is 5.97 Å². The summed E-state index contributed by atoms with van der Waals surface area (Å²) in [5.41, 5.74) is 0.0585. The summed E-state index contributed by atoms with van der Waals surface area (Å²) in [6.45, 7) is 0. The Morgan fingerprint density at radius 3 is 2.71 bits per heavy atom. The van der Waals surface area contributed by atoms with E-state index in [0.717, 1.165) is 0 Å². The van der Waals surface area contributed by atoms with E-state index < -0.39 is 5.97 Å². The number of rotatable bonds is 2. The van der Waals surface area contributed by atoms with Gasteiger partial charge in [0.15, 0.2) is 11.4 Å². The molecule has 0 aliphatic heterocycles. The Morgan fingerprint density at radius 1 is 1.57 bits per heavy atom. The van der Waals surface area contributed by atoms with Gasteiger partial charge in [0, 0.05) is 0 Å². The fourth-order valence-electron chi connectivity index (χ4n) is 0.848. The van der Waals surface area contributed by atoms with Gasteiger partial charge in [-0.25, -0.2) is 9.78 Å². The summed E-state index contributed by atoms with van der Waals surface area (Å²) in [5, 5.41) is 0.186. The van der Waals surface area contributed by atoms with Crippen molar-refractivity contribution in [2.75, 3.05) is 14.2 Å². The highest BCUT2D eigenvalue weighted by Crippen LogP contribution is 2.27. The predicted octanol–water partition coefficient (Wildman–Crippen LogP) is 2.29. The van der Waals surface area contributed by atoms with Crippen LogP contribution >= 0.6 is 27.5 Å². The molecule has 0 aliphatic carbocycles. The average molecular weight is 281 g/mol. The lowest BCUT2D eigenvalue weighted by molar-refractivity contribution is 0.0590. The van der Waals surface area contributed by atoms with Gasteiger partial charge in [0.05, 0.1) is 18.7 Å². The molecule has 14 heavy (non-hydrogen) atoms. The molecular weight excluding hydrogens is 273 g/mol. The van der Waals surface area contributed by atoms with Crippen molar-refractivity contribution in [3.63, 3.8) is 0 Å². The third-order valence-corrected chi connectivity index (χ3v) is 2.62. The van der Waals surface area contributed by atoms with Gasteiger partial charge in [-0.15, -0.1) is 0 Å². The largest absolute Gasteiger partial charge is 0.494 e. The monoisotopic (exact) mass is 279 g/mol. The van der Waals surface area contributed by atoms with Crippen molar-refractivity contribution in [3.8, 4) is 5.75 Å². The van der Waals surface area contributed by atoms with Gasteiger partial charge in [0.25, 0.3) is 0 Å². The Morgan fingerprint density at radius 2 is 2.21 bits per heavy atom. The number of ether oxygens (including phenoxy) is 2. The molecule has 0 spiro atoms. The first-order valence-corrected chi connectivity index (χ1v) is 4.75. The molecule has 0 unspecified atom stereocenters. The number of hydrogen-bond acceptors (Lipinski definition) is 4. The third-order valence-electron chi connectivity index (χ3n) is 1.50. The van der Waals surface area contributed by atoms with Crippen molar-refractivity contribution in [1.29, 1.82) is 0 Å². The minimum absolute atomic E-state index is 0.0585. The number of aromatic nitrogens is 1. The first-order valence-electron chi connectivity index (χ1n) is 3.58. The zero-order valence-electron chi connectivity index (χ0n) is 7.51. The quantitative estimate of drug-likeness (QED) is 0.616. The molecule has 0 saturated heterocycles. The highest BCUT2D eigenvalue weighted by Gasteiger charge is 2.17. The van der Waals surface area contributed by atoms with E-state index >= 15 is 0 Å².